The number of rotatable bonds is 5. The Balaban J connectivity index is 0.00000280. The summed E-state index contributed by atoms with van der Waals surface area (Å²) in [6.07, 6.45) is 0.929. The number of para-hydroxylation sites is 1. The third-order valence-corrected chi connectivity index (χ3v) is 4.56. The van der Waals surface area contributed by atoms with Crippen LogP contribution in [0.15, 0.2) is 54.6 Å². The molecule has 0 saturated carbocycles. The molecule has 6 heteroatoms. The van der Waals surface area contributed by atoms with E-state index in [9.17, 15) is 14.0 Å². The van der Waals surface area contributed by atoms with Crippen molar-refractivity contribution in [1.82, 2.24) is 0 Å². The third-order valence-electron chi connectivity index (χ3n) is 4.19. The first-order valence-corrected chi connectivity index (χ1v) is 8.75. The maximum absolute atomic E-state index is 14.6. The van der Waals surface area contributed by atoms with Crippen molar-refractivity contribution in [2.75, 3.05) is 5.32 Å². The standard InChI is InChI=1S/C22H16ClF2N2.Na/c1-2-7-16-19(27-15-9-4-3-5-10-15)12-18(25)22(23)21(16)20-14(13-26)8-6-11-17(20)24;/h3-6,8-12,27H,1-2,7H2;/q-1;+1. The minimum absolute atomic E-state index is 0. The SMILES string of the molecule is [CH2-]CCc1c(Nc2ccccc2)cc(F)c(Cl)c1-c1c(F)cccc1C#N.[Na+]. The van der Waals surface area contributed by atoms with E-state index in [0.717, 1.165) is 5.69 Å². The van der Waals surface area contributed by atoms with Gasteiger partial charge in [0.1, 0.15) is 11.6 Å². The van der Waals surface area contributed by atoms with E-state index >= 15 is 0 Å². The molecule has 0 spiro atoms. The molecule has 28 heavy (non-hydrogen) atoms. The Hall–Kier alpha value is -1.90. The van der Waals surface area contributed by atoms with Crippen LogP contribution in [-0.2, 0) is 6.42 Å². The molecule has 0 amide bonds. The largest absolute Gasteiger partial charge is 1.00 e. The quantitative estimate of drug-likeness (QED) is 0.520. The summed E-state index contributed by atoms with van der Waals surface area (Å²) in [6, 6.07) is 16.6. The fraction of sp³-hybridized carbons (Fsp3) is 0.0909. The van der Waals surface area contributed by atoms with E-state index < -0.39 is 11.6 Å². The molecule has 0 aromatic heterocycles. The van der Waals surface area contributed by atoms with Crippen LogP contribution in [0.2, 0.25) is 5.02 Å². The number of hydrogen-bond acceptors (Lipinski definition) is 2. The van der Waals surface area contributed by atoms with Crippen molar-refractivity contribution >= 4 is 23.0 Å². The van der Waals surface area contributed by atoms with Crippen LogP contribution in [0, 0.1) is 29.9 Å². The van der Waals surface area contributed by atoms with Crippen LogP contribution in [-0.4, -0.2) is 0 Å². The number of anilines is 2. The Morgan fingerprint density at radius 3 is 2.36 bits per heavy atom. The minimum Gasteiger partial charge on any atom is -0.355 e. The number of halogens is 3. The van der Waals surface area contributed by atoms with E-state index in [0.29, 0.717) is 24.1 Å². The fourth-order valence-electron chi connectivity index (χ4n) is 3.02. The average Bonchev–Trinajstić information content (AvgIpc) is 2.67. The van der Waals surface area contributed by atoms with E-state index in [2.05, 4.69) is 12.2 Å². The van der Waals surface area contributed by atoms with Gasteiger partial charge < -0.3 is 12.2 Å². The molecule has 0 unspecified atom stereocenters. The summed E-state index contributed by atoms with van der Waals surface area (Å²) in [6.45, 7) is 3.86. The number of nitrogens with one attached hydrogen (secondary N) is 1. The summed E-state index contributed by atoms with van der Waals surface area (Å²) in [5, 5.41) is 12.4. The van der Waals surface area contributed by atoms with Gasteiger partial charge in [-0.2, -0.15) is 11.7 Å². The first kappa shape index (κ1) is 22.4. The minimum atomic E-state index is -0.690. The van der Waals surface area contributed by atoms with Crippen LogP contribution in [0.3, 0.4) is 0 Å². The van der Waals surface area contributed by atoms with Crippen LogP contribution < -0.4 is 34.9 Å². The predicted octanol–water partition coefficient (Wildman–Crippen LogP) is 3.67. The fourth-order valence-corrected chi connectivity index (χ4v) is 3.28. The number of nitriles is 1. The van der Waals surface area contributed by atoms with Gasteiger partial charge in [0, 0.05) is 22.5 Å². The molecule has 0 aliphatic carbocycles. The zero-order valence-electron chi connectivity index (χ0n) is 15.4. The van der Waals surface area contributed by atoms with Crippen LogP contribution in [0.5, 0.6) is 0 Å². The average molecular weight is 405 g/mol. The van der Waals surface area contributed by atoms with Gasteiger partial charge in [0.15, 0.2) is 0 Å². The summed E-state index contributed by atoms with van der Waals surface area (Å²) in [5.74, 6) is -1.32. The van der Waals surface area contributed by atoms with Crippen molar-refractivity contribution in [3.05, 3.63) is 89.3 Å². The smallest absolute Gasteiger partial charge is 0.355 e. The molecule has 3 rings (SSSR count). The van der Waals surface area contributed by atoms with Gasteiger partial charge in [0.05, 0.1) is 16.7 Å². The Morgan fingerprint density at radius 2 is 1.71 bits per heavy atom. The predicted molar refractivity (Wildman–Crippen MR) is 105 cm³/mol. The maximum Gasteiger partial charge on any atom is 1.00 e. The third kappa shape index (κ3) is 4.56. The molecule has 0 bridgehead atoms. The first-order valence-electron chi connectivity index (χ1n) is 8.38. The Kier molecular flexibility index (Phi) is 8.03. The molecule has 2 nitrogen and oxygen atoms in total. The molecule has 1 N–H and O–H groups in total. The summed E-state index contributed by atoms with van der Waals surface area (Å²) < 4.78 is 29.3. The molecule has 3 aromatic rings. The van der Waals surface area contributed by atoms with Crippen molar-refractivity contribution < 1.29 is 38.3 Å². The van der Waals surface area contributed by atoms with Gasteiger partial charge in [-0.05, 0) is 35.9 Å². The van der Waals surface area contributed by atoms with Crippen molar-refractivity contribution in [3.8, 4) is 17.2 Å². The molecule has 0 fully saturated rings. The molecular formula is C22H16ClF2N2Na. The van der Waals surface area contributed by atoms with Gasteiger partial charge in [0.25, 0.3) is 0 Å². The molecule has 0 radical (unpaired) electrons. The Labute approximate surface area is 190 Å². The second kappa shape index (κ2) is 10.0. The van der Waals surface area contributed by atoms with Crippen LogP contribution in [0.25, 0.3) is 11.1 Å². The first-order chi connectivity index (χ1) is 13.1. The number of nitrogens with zero attached hydrogens (tertiary/aromatic N) is 1. The summed E-state index contributed by atoms with van der Waals surface area (Å²) in [7, 11) is 0. The Bertz CT molecular complexity index is 1020. The monoisotopic (exact) mass is 404 g/mol. The topological polar surface area (TPSA) is 35.8 Å². The van der Waals surface area contributed by atoms with Crippen LogP contribution in [0.1, 0.15) is 17.5 Å². The maximum atomic E-state index is 14.6. The Morgan fingerprint density at radius 1 is 1.00 bits per heavy atom. The van der Waals surface area contributed by atoms with E-state index in [-0.39, 0.29) is 51.3 Å². The van der Waals surface area contributed by atoms with Gasteiger partial charge in [-0.15, -0.1) is 0 Å². The molecule has 136 valence electrons. The van der Waals surface area contributed by atoms with Crippen molar-refractivity contribution in [3.63, 3.8) is 0 Å². The second-order valence-electron chi connectivity index (χ2n) is 5.94. The molecular weight excluding hydrogens is 389 g/mol. The van der Waals surface area contributed by atoms with Crippen molar-refractivity contribution in [1.29, 1.82) is 5.26 Å². The van der Waals surface area contributed by atoms with E-state index in [1.54, 1.807) is 0 Å². The number of benzene rings is 3. The summed E-state index contributed by atoms with van der Waals surface area (Å²) in [5.41, 5.74) is 2.12. The van der Waals surface area contributed by atoms with E-state index in [1.165, 1.54) is 24.3 Å². The van der Waals surface area contributed by atoms with Gasteiger partial charge >= 0.3 is 29.6 Å². The molecule has 0 aliphatic heterocycles. The molecule has 0 heterocycles. The van der Waals surface area contributed by atoms with Gasteiger partial charge in [-0.3, -0.25) is 0 Å². The van der Waals surface area contributed by atoms with E-state index in [4.69, 9.17) is 11.6 Å². The van der Waals surface area contributed by atoms with Crippen molar-refractivity contribution in [2.24, 2.45) is 0 Å². The number of hydrogen-bond donors (Lipinski definition) is 1. The molecule has 3 aromatic carbocycles. The van der Waals surface area contributed by atoms with Gasteiger partial charge in [0.2, 0.25) is 0 Å². The normalized spacial score (nSPS) is 10.1. The molecule has 0 atom stereocenters. The second-order valence-corrected chi connectivity index (χ2v) is 6.32. The zero-order chi connectivity index (χ0) is 19.4. The summed E-state index contributed by atoms with van der Waals surface area (Å²) in [4.78, 5) is 0. The molecule has 0 aliphatic rings. The van der Waals surface area contributed by atoms with Crippen LogP contribution >= 0.6 is 11.6 Å². The molecule has 0 saturated heterocycles. The van der Waals surface area contributed by atoms with E-state index in [1.807, 2.05) is 36.4 Å². The van der Waals surface area contributed by atoms with Gasteiger partial charge in [-0.25, -0.2) is 8.78 Å². The zero-order valence-corrected chi connectivity index (χ0v) is 18.2. The van der Waals surface area contributed by atoms with Gasteiger partial charge in [-0.1, -0.05) is 42.3 Å². The van der Waals surface area contributed by atoms with Crippen molar-refractivity contribution in [2.45, 2.75) is 12.8 Å². The summed E-state index contributed by atoms with van der Waals surface area (Å²) >= 11 is 6.25. The van der Waals surface area contributed by atoms with Crippen LogP contribution in [0.4, 0.5) is 20.2 Å².